The lowest BCUT2D eigenvalue weighted by molar-refractivity contribution is -0.136. The summed E-state index contributed by atoms with van der Waals surface area (Å²) in [6.45, 7) is 1.76. The van der Waals surface area contributed by atoms with E-state index >= 15 is 0 Å². The minimum atomic E-state index is -0.644. The third-order valence-corrected chi connectivity index (χ3v) is 6.55. The van der Waals surface area contributed by atoms with Crippen LogP contribution in [-0.2, 0) is 9.53 Å². The third-order valence-electron chi connectivity index (χ3n) is 5.32. The molecule has 0 radical (unpaired) electrons. The summed E-state index contributed by atoms with van der Waals surface area (Å²) in [5.74, 6) is -0.514. The summed E-state index contributed by atoms with van der Waals surface area (Å²) in [5, 5.41) is 0.572. The normalized spacial score (nSPS) is 15.9. The van der Waals surface area contributed by atoms with Crippen LogP contribution in [0.15, 0.2) is 69.6 Å². The number of esters is 1. The molecule has 0 amide bonds. The van der Waals surface area contributed by atoms with Gasteiger partial charge in [-0.25, -0.2) is 9.79 Å². The van der Waals surface area contributed by atoms with Gasteiger partial charge in [0.05, 0.1) is 29.0 Å². The van der Waals surface area contributed by atoms with Gasteiger partial charge in [-0.05, 0) is 48.4 Å². The molecule has 8 heteroatoms. The Labute approximate surface area is 194 Å². The Kier molecular flexibility index (Phi) is 6.04. The molecular weight excluding hydrogens is 446 g/mol. The summed E-state index contributed by atoms with van der Waals surface area (Å²) < 4.78 is 7.12. The van der Waals surface area contributed by atoms with E-state index in [2.05, 4.69) is 4.99 Å². The maximum absolute atomic E-state index is 13.5. The van der Waals surface area contributed by atoms with Crippen LogP contribution in [0, 0.1) is 0 Å². The Balaban J connectivity index is 1.91. The molecule has 3 aromatic rings. The molecule has 1 aromatic heterocycles. The number of thiazole rings is 1. The van der Waals surface area contributed by atoms with Crippen LogP contribution in [0.5, 0.6) is 0 Å². The molecule has 1 atom stereocenters. The van der Waals surface area contributed by atoms with Gasteiger partial charge in [-0.1, -0.05) is 47.2 Å². The number of carbonyl (C=O) groups is 1. The molecule has 0 bridgehead atoms. The third kappa shape index (κ3) is 4.01. The van der Waals surface area contributed by atoms with Gasteiger partial charge in [-0.15, -0.1) is 0 Å². The fourth-order valence-corrected chi connectivity index (χ4v) is 4.85. The Hall–Kier alpha value is -3.16. The van der Waals surface area contributed by atoms with E-state index < -0.39 is 12.0 Å². The first-order valence-corrected chi connectivity index (χ1v) is 11.1. The zero-order valence-electron chi connectivity index (χ0n) is 18.1. The van der Waals surface area contributed by atoms with Crippen molar-refractivity contribution in [3.05, 3.63) is 95.6 Å². The number of methoxy groups -OCH3 is 1. The topological polar surface area (TPSA) is 63.9 Å². The van der Waals surface area contributed by atoms with Crippen molar-refractivity contribution in [2.24, 2.45) is 4.99 Å². The lowest BCUT2D eigenvalue weighted by atomic mass is 9.96. The van der Waals surface area contributed by atoms with Crippen LogP contribution in [0.25, 0.3) is 6.08 Å². The molecule has 0 aliphatic carbocycles. The van der Waals surface area contributed by atoms with Crippen LogP contribution in [-0.4, -0.2) is 31.7 Å². The summed E-state index contributed by atoms with van der Waals surface area (Å²) in [6, 6.07) is 14.4. The maximum Gasteiger partial charge on any atom is 0.338 e. The first-order valence-electron chi connectivity index (χ1n) is 9.94. The van der Waals surface area contributed by atoms with Crippen LogP contribution in [0.3, 0.4) is 0 Å². The Morgan fingerprint density at radius 1 is 1.16 bits per heavy atom. The average Bonchev–Trinajstić information content (AvgIpc) is 3.08. The summed E-state index contributed by atoms with van der Waals surface area (Å²) in [6.07, 6.45) is 1.85. The average molecular weight is 468 g/mol. The summed E-state index contributed by atoms with van der Waals surface area (Å²) in [4.78, 5) is 33.2. The Bertz CT molecular complexity index is 1380. The van der Waals surface area contributed by atoms with E-state index in [1.807, 2.05) is 61.5 Å². The molecule has 0 spiro atoms. The number of hydrogen-bond donors (Lipinski definition) is 0. The molecule has 1 aliphatic heterocycles. The van der Waals surface area contributed by atoms with Crippen LogP contribution in [0.4, 0.5) is 5.69 Å². The molecule has 6 nitrogen and oxygen atoms in total. The number of ether oxygens (including phenoxy) is 1. The highest BCUT2D eigenvalue weighted by atomic mass is 35.5. The number of carbonyl (C=O) groups excluding carboxylic acids is 1. The first kappa shape index (κ1) is 22.0. The molecule has 0 N–H and O–H groups in total. The fourth-order valence-electron chi connectivity index (χ4n) is 3.67. The molecule has 1 aliphatic rings. The minimum absolute atomic E-state index is 0.209. The molecule has 2 heterocycles. The maximum atomic E-state index is 13.5. The smallest absolute Gasteiger partial charge is 0.338 e. The molecular formula is C24H22ClN3O3S. The second-order valence-corrected chi connectivity index (χ2v) is 9.06. The summed E-state index contributed by atoms with van der Waals surface area (Å²) >= 11 is 7.36. The van der Waals surface area contributed by atoms with Crippen molar-refractivity contribution in [1.29, 1.82) is 0 Å². The molecule has 0 fully saturated rings. The molecule has 164 valence electrons. The minimum Gasteiger partial charge on any atom is -0.466 e. The van der Waals surface area contributed by atoms with E-state index in [4.69, 9.17) is 16.3 Å². The quantitative estimate of drug-likeness (QED) is 0.553. The largest absolute Gasteiger partial charge is 0.466 e. The predicted octanol–water partition coefficient (Wildman–Crippen LogP) is 3.13. The van der Waals surface area contributed by atoms with Gasteiger partial charge in [-0.2, -0.15) is 0 Å². The van der Waals surface area contributed by atoms with Gasteiger partial charge in [0.15, 0.2) is 4.80 Å². The lowest BCUT2D eigenvalue weighted by Crippen LogP contribution is -2.39. The number of rotatable bonds is 4. The zero-order chi connectivity index (χ0) is 23.0. The van der Waals surface area contributed by atoms with Gasteiger partial charge in [0.25, 0.3) is 5.56 Å². The predicted molar refractivity (Wildman–Crippen MR) is 128 cm³/mol. The number of halogens is 1. The van der Waals surface area contributed by atoms with E-state index in [9.17, 15) is 9.59 Å². The van der Waals surface area contributed by atoms with Crippen molar-refractivity contribution < 1.29 is 9.53 Å². The number of allylic oxidation sites excluding steroid dienone is 1. The van der Waals surface area contributed by atoms with E-state index in [1.54, 1.807) is 23.6 Å². The number of nitrogens with zero attached hydrogens (tertiary/aromatic N) is 3. The van der Waals surface area contributed by atoms with Crippen molar-refractivity contribution >= 4 is 40.7 Å². The molecule has 32 heavy (non-hydrogen) atoms. The Morgan fingerprint density at radius 2 is 1.81 bits per heavy atom. The Morgan fingerprint density at radius 3 is 2.41 bits per heavy atom. The first-order chi connectivity index (χ1) is 15.3. The van der Waals surface area contributed by atoms with Crippen LogP contribution in [0.2, 0.25) is 5.02 Å². The molecule has 0 saturated heterocycles. The SMILES string of the molecule is COC(=O)C1=C(C)N=c2s/c(=C\c3ccc(N(C)C)cc3)c(=O)n2[C@@H]1c1ccc(Cl)cc1. The van der Waals surface area contributed by atoms with Crippen molar-refractivity contribution in [2.45, 2.75) is 13.0 Å². The highest BCUT2D eigenvalue weighted by molar-refractivity contribution is 7.07. The second-order valence-electron chi connectivity index (χ2n) is 7.61. The fraction of sp³-hybridized carbons (Fsp3) is 0.208. The summed E-state index contributed by atoms with van der Waals surface area (Å²) in [7, 11) is 5.28. The second kappa shape index (κ2) is 8.76. The van der Waals surface area contributed by atoms with Crippen LogP contribution < -0.4 is 19.8 Å². The molecule has 2 aromatic carbocycles. The van der Waals surface area contributed by atoms with E-state index in [0.717, 1.165) is 16.8 Å². The van der Waals surface area contributed by atoms with Crippen LogP contribution in [0.1, 0.15) is 24.1 Å². The highest BCUT2D eigenvalue weighted by Crippen LogP contribution is 2.31. The van der Waals surface area contributed by atoms with Crippen LogP contribution >= 0.6 is 22.9 Å². The van der Waals surface area contributed by atoms with E-state index in [-0.39, 0.29) is 5.56 Å². The van der Waals surface area contributed by atoms with Crippen molar-refractivity contribution in [3.8, 4) is 0 Å². The monoisotopic (exact) mass is 467 g/mol. The standard InChI is InChI=1S/C24H22ClN3O3S/c1-14-20(23(30)31-4)21(16-7-9-17(25)10-8-16)28-22(29)19(32-24(28)26-14)13-15-5-11-18(12-6-15)27(2)3/h5-13,21H,1-4H3/b19-13-/t21-/m1/s1. The lowest BCUT2D eigenvalue weighted by Gasteiger charge is -2.24. The van der Waals surface area contributed by atoms with Gasteiger partial charge in [0, 0.05) is 24.8 Å². The van der Waals surface area contributed by atoms with E-state index in [1.165, 1.54) is 18.4 Å². The molecule has 0 saturated carbocycles. The van der Waals surface area contributed by atoms with Gasteiger partial charge in [-0.3, -0.25) is 9.36 Å². The van der Waals surface area contributed by atoms with Gasteiger partial charge in [0.2, 0.25) is 0 Å². The number of aromatic nitrogens is 1. The molecule has 4 rings (SSSR count). The van der Waals surface area contributed by atoms with Gasteiger partial charge < -0.3 is 9.64 Å². The van der Waals surface area contributed by atoms with Gasteiger partial charge >= 0.3 is 5.97 Å². The highest BCUT2D eigenvalue weighted by Gasteiger charge is 2.33. The van der Waals surface area contributed by atoms with E-state index in [0.29, 0.717) is 25.6 Å². The number of hydrogen-bond acceptors (Lipinski definition) is 6. The van der Waals surface area contributed by atoms with Gasteiger partial charge in [0.1, 0.15) is 0 Å². The zero-order valence-corrected chi connectivity index (χ0v) is 19.7. The number of benzene rings is 2. The number of anilines is 1. The van der Waals surface area contributed by atoms with Crippen molar-refractivity contribution in [2.75, 3.05) is 26.1 Å². The molecule has 0 unspecified atom stereocenters. The van der Waals surface area contributed by atoms with Crippen molar-refractivity contribution in [1.82, 2.24) is 4.57 Å². The summed E-state index contributed by atoms with van der Waals surface area (Å²) in [5.41, 5.74) is 3.40. The van der Waals surface area contributed by atoms with Crippen molar-refractivity contribution in [3.63, 3.8) is 0 Å². The number of fused-ring (bicyclic) bond motifs is 1.